The second kappa shape index (κ2) is 2.08. The highest BCUT2D eigenvalue weighted by Gasteiger charge is 1.99. The van der Waals surface area contributed by atoms with Crippen LogP contribution in [0.15, 0.2) is 23.3 Å². The fraction of sp³-hybridized carbons (Fsp3) is 0.167. The predicted octanol–water partition coefficient (Wildman–Crippen LogP) is 2.27. The summed E-state index contributed by atoms with van der Waals surface area (Å²) in [5.74, 6) is 0. The first-order valence-corrected chi connectivity index (χ1v) is 2.63. The molecule has 1 aliphatic rings. The molecule has 0 bridgehead atoms. The second-order valence-electron chi connectivity index (χ2n) is 1.43. The van der Waals surface area contributed by atoms with Crippen molar-refractivity contribution >= 4 is 11.6 Å². The molecule has 0 unspecified atom stereocenters. The van der Waals surface area contributed by atoms with E-state index in [4.69, 9.17) is 11.6 Å². The van der Waals surface area contributed by atoms with Crippen molar-refractivity contribution in [3.05, 3.63) is 29.7 Å². The summed E-state index contributed by atoms with van der Waals surface area (Å²) in [7, 11) is 0. The van der Waals surface area contributed by atoms with E-state index in [-0.39, 0.29) is 0 Å². The van der Waals surface area contributed by atoms with Gasteiger partial charge in [0.15, 0.2) is 5.03 Å². The fourth-order valence-electron chi connectivity index (χ4n) is 0.495. The summed E-state index contributed by atoms with van der Waals surface area (Å²) >= 11 is 5.56. The first-order chi connectivity index (χ1) is 3.39. The van der Waals surface area contributed by atoms with E-state index in [1.54, 1.807) is 0 Å². The van der Waals surface area contributed by atoms with Crippen LogP contribution in [0.1, 0.15) is 6.42 Å². The molecule has 0 heterocycles. The van der Waals surface area contributed by atoms with Crippen molar-refractivity contribution < 1.29 is 0 Å². The Morgan fingerprint density at radius 1 is 1.71 bits per heavy atom. The number of allylic oxidation sites excluding steroid dienone is 4. The van der Waals surface area contributed by atoms with Gasteiger partial charge in [-0.05, 0) is 6.08 Å². The van der Waals surface area contributed by atoms with Gasteiger partial charge in [-0.3, -0.25) is 0 Å². The average Bonchev–Trinajstić information content (AvgIpc) is 1.69. The van der Waals surface area contributed by atoms with Crippen LogP contribution in [0, 0.1) is 6.42 Å². The molecule has 1 aliphatic carbocycles. The van der Waals surface area contributed by atoms with Crippen LogP contribution in [0.4, 0.5) is 0 Å². The number of hydrogen-bond donors (Lipinski definition) is 0. The lowest BCUT2D eigenvalue weighted by Crippen LogP contribution is -1.75. The first kappa shape index (κ1) is 4.79. The van der Waals surface area contributed by atoms with Crippen LogP contribution in [0.2, 0.25) is 0 Å². The predicted molar refractivity (Wildman–Crippen MR) is 32.0 cm³/mol. The van der Waals surface area contributed by atoms with Crippen LogP contribution in [-0.4, -0.2) is 0 Å². The number of rotatable bonds is 0. The van der Waals surface area contributed by atoms with Gasteiger partial charge in [0, 0.05) is 24.1 Å². The lowest BCUT2D eigenvalue weighted by molar-refractivity contribution is 1.26. The molecule has 0 fully saturated rings. The van der Waals surface area contributed by atoms with E-state index in [1.807, 2.05) is 24.6 Å². The summed E-state index contributed by atoms with van der Waals surface area (Å²) in [4.78, 5) is 0. The normalized spacial score (nSPS) is 18.1. The molecule has 1 rings (SSSR count). The molecule has 0 radical (unpaired) electrons. The standard InChI is InChI=1S/C6H6Cl/c7-6-4-2-1-3-5-6/h2-5H,1H2/q+1. The van der Waals surface area contributed by atoms with E-state index in [0.717, 1.165) is 11.5 Å². The van der Waals surface area contributed by atoms with Gasteiger partial charge in [0.05, 0.1) is 6.42 Å². The molecule has 0 atom stereocenters. The smallest absolute Gasteiger partial charge is 0.0394 e. The molecule has 0 aromatic rings. The van der Waals surface area contributed by atoms with Crippen molar-refractivity contribution in [2.45, 2.75) is 6.42 Å². The van der Waals surface area contributed by atoms with E-state index in [0.29, 0.717) is 0 Å². The molecule has 0 aromatic heterocycles. The third-order valence-electron chi connectivity index (χ3n) is 0.826. The molecule has 0 nitrogen and oxygen atoms in total. The zero-order valence-electron chi connectivity index (χ0n) is 3.89. The third-order valence-corrected chi connectivity index (χ3v) is 1.08. The Kier molecular flexibility index (Phi) is 1.42. The third kappa shape index (κ3) is 1.28. The van der Waals surface area contributed by atoms with Crippen LogP contribution in [-0.2, 0) is 0 Å². The molecule has 7 heavy (non-hydrogen) atoms. The van der Waals surface area contributed by atoms with Gasteiger partial charge in [-0.2, -0.15) is 0 Å². The van der Waals surface area contributed by atoms with E-state index in [9.17, 15) is 0 Å². The Morgan fingerprint density at radius 2 is 2.57 bits per heavy atom. The minimum absolute atomic E-state index is 0.825. The topological polar surface area (TPSA) is 0 Å². The van der Waals surface area contributed by atoms with Crippen LogP contribution in [0.5, 0.6) is 0 Å². The summed E-state index contributed by atoms with van der Waals surface area (Å²) in [6.45, 7) is 0. The molecule has 0 amide bonds. The Labute approximate surface area is 48.5 Å². The summed E-state index contributed by atoms with van der Waals surface area (Å²) in [5.41, 5.74) is 0. The SMILES string of the molecule is ClC1=C[CH+]CC=C1. The number of halogens is 1. The summed E-state index contributed by atoms with van der Waals surface area (Å²) in [6, 6.07) is 0. The minimum Gasteiger partial charge on any atom is -0.0394 e. The van der Waals surface area contributed by atoms with Gasteiger partial charge in [0.2, 0.25) is 0 Å². The highest BCUT2D eigenvalue weighted by molar-refractivity contribution is 6.31. The molecule has 0 N–H and O–H groups in total. The number of hydrogen-bond acceptors (Lipinski definition) is 0. The Hall–Kier alpha value is -0.360. The van der Waals surface area contributed by atoms with Crippen molar-refractivity contribution in [2.24, 2.45) is 0 Å². The van der Waals surface area contributed by atoms with Gasteiger partial charge in [0.1, 0.15) is 6.08 Å². The summed E-state index contributed by atoms with van der Waals surface area (Å²) in [6.07, 6.45) is 8.89. The van der Waals surface area contributed by atoms with Crippen molar-refractivity contribution in [3.8, 4) is 0 Å². The Bertz CT molecular complexity index is 111. The molecular formula is C6H6Cl+. The first-order valence-electron chi connectivity index (χ1n) is 2.25. The maximum Gasteiger partial charge on any atom is 0.176 e. The van der Waals surface area contributed by atoms with Crippen molar-refractivity contribution in [2.75, 3.05) is 0 Å². The molecule has 36 valence electrons. The van der Waals surface area contributed by atoms with Crippen LogP contribution in [0.3, 0.4) is 0 Å². The molecule has 0 aromatic carbocycles. The van der Waals surface area contributed by atoms with Crippen molar-refractivity contribution in [1.29, 1.82) is 0 Å². The Balaban J connectivity index is 2.58. The zero-order chi connectivity index (χ0) is 5.11. The Morgan fingerprint density at radius 3 is 2.86 bits per heavy atom. The van der Waals surface area contributed by atoms with E-state index in [1.165, 1.54) is 0 Å². The van der Waals surface area contributed by atoms with Crippen LogP contribution < -0.4 is 0 Å². The highest BCUT2D eigenvalue weighted by atomic mass is 35.5. The molecule has 0 spiro atoms. The van der Waals surface area contributed by atoms with Gasteiger partial charge in [0.25, 0.3) is 0 Å². The van der Waals surface area contributed by atoms with Crippen LogP contribution >= 0.6 is 11.6 Å². The van der Waals surface area contributed by atoms with Crippen LogP contribution in [0.25, 0.3) is 0 Å². The monoisotopic (exact) mass is 113 g/mol. The van der Waals surface area contributed by atoms with Crippen molar-refractivity contribution in [3.63, 3.8) is 0 Å². The van der Waals surface area contributed by atoms with E-state index in [2.05, 4.69) is 0 Å². The van der Waals surface area contributed by atoms with Gasteiger partial charge < -0.3 is 0 Å². The largest absolute Gasteiger partial charge is 0.176 e. The molecule has 0 saturated carbocycles. The fourth-order valence-corrected chi connectivity index (χ4v) is 0.674. The highest BCUT2D eigenvalue weighted by Crippen LogP contribution is 2.10. The maximum absolute atomic E-state index is 5.56. The quantitative estimate of drug-likeness (QED) is 0.423. The molecular weight excluding hydrogens is 108 g/mol. The summed E-state index contributed by atoms with van der Waals surface area (Å²) < 4.78 is 0. The second-order valence-corrected chi connectivity index (χ2v) is 1.86. The lowest BCUT2D eigenvalue weighted by atomic mass is 10.2. The van der Waals surface area contributed by atoms with Gasteiger partial charge in [-0.1, -0.05) is 0 Å². The minimum atomic E-state index is 0.825. The average molecular weight is 114 g/mol. The summed E-state index contributed by atoms with van der Waals surface area (Å²) in [5, 5.41) is 0.825. The molecule has 0 saturated heterocycles. The van der Waals surface area contributed by atoms with Gasteiger partial charge in [-0.25, -0.2) is 0 Å². The lowest BCUT2D eigenvalue weighted by Gasteiger charge is -1.84. The molecule has 0 aliphatic heterocycles. The van der Waals surface area contributed by atoms with Gasteiger partial charge in [-0.15, -0.1) is 0 Å². The zero-order valence-corrected chi connectivity index (χ0v) is 4.65. The van der Waals surface area contributed by atoms with Crippen molar-refractivity contribution in [1.82, 2.24) is 0 Å². The van der Waals surface area contributed by atoms with E-state index >= 15 is 0 Å². The van der Waals surface area contributed by atoms with Gasteiger partial charge >= 0.3 is 0 Å². The van der Waals surface area contributed by atoms with E-state index < -0.39 is 0 Å². The molecule has 1 heteroatoms. The maximum atomic E-state index is 5.56.